The van der Waals surface area contributed by atoms with E-state index in [1.54, 1.807) is 0 Å². The Labute approximate surface area is 123 Å². The van der Waals surface area contributed by atoms with E-state index in [0.717, 1.165) is 0 Å². The zero-order valence-corrected chi connectivity index (χ0v) is 12.6. The van der Waals surface area contributed by atoms with Crippen LogP contribution in [0.25, 0.3) is 0 Å². The minimum Gasteiger partial charge on any atom is -0.481 e. The highest BCUT2D eigenvalue weighted by molar-refractivity contribution is 5.84. The zero-order chi connectivity index (χ0) is 16.0. The number of ether oxygens (including phenoxy) is 1. The van der Waals surface area contributed by atoms with Gasteiger partial charge in [-0.2, -0.15) is 0 Å². The molecule has 0 aromatic carbocycles. The molecular formula is C13H23N3O5. The van der Waals surface area contributed by atoms with Crippen molar-refractivity contribution in [1.82, 2.24) is 15.5 Å². The number of rotatable bonds is 4. The average Bonchev–Trinajstić information content (AvgIpc) is 2.34. The van der Waals surface area contributed by atoms with Crippen LogP contribution in [0.4, 0.5) is 4.79 Å². The minimum atomic E-state index is -0.992. The van der Waals surface area contributed by atoms with Crippen molar-refractivity contribution in [3.63, 3.8) is 0 Å². The monoisotopic (exact) mass is 301 g/mol. The topological polar surface area (TPSA) is 108 Å². The molecule has 1 saturated heterocycles. The molecule has 8 nitrogen and oxygen atoms in total. The van der Waals surface area contributed by atoms with E-state index in [9.17, 15) is 14.4 Å². The van der Waals surface area contributed by atoms with Crippen molar-refractivity contribution in [3.8, 4) is 0 Å². The van der Waals surface area contributed by atoms with Gasteiger partial charge in [0.1, 0.15) is 0 Å². The fourth-order valence-electron chi connectivity index (χ4n) is 2.01. The molecular weight excluding hydrogens is 278 g/mol. The Bertz CT molecular complexity index is 405. The van der Waals surface area contributed by atoms with E-state index in [2.05, 4.69) is 10.6 Å². The number of hydrogen-bond acceptors (Lipinski definition) is 4. The molecule has 8 heteroatoms. The average molecular weight is 301 g/mol. The Hall–Kier alpha value is -1.83. The summed E-state index contributed by atoms with van der Waals surface area (Å²) in [6.45, 7) is 6.25. The third-order valence-electron chi connectivity index (χ3n) is 2.81. The minimum absolute atomic E-state index is 0.146. The molecule has 0 aromatic rings. The number of nitrogens with one attached hydrogen (secondary N) is 2. The highest BCUT2D eigenvalue weighted by atomic mass is 16.5. The Kier molecular flexibility index (Phi) is 5.95. The third-order valence-corrected chi connectivity index (χ3v) is 2.81. The predicted octanol–water partition coefficient (Wildman–Crippen LogP) is -0.214. The van der Waals surface area contributed by atoms with Gasteiger partial charge >= 0.3 is 12.0 Å². The SMILES string of the molecule is CC(C)(C)NC(=O)CNC(=O)N1CCOCC1CC(=O)O. The first kappa shape index (κ1) is 17.2. The third kappa shape index (κ3) is 6.44. The Morgan fingerprint density at radius 1 is 1.33 bits per heavy atom. The lowest BCUT2D eigenvalue weighted by molar-refractivity contribution is -0.139. The summed E-state index contributed by atoms with van der Waals surface area (Å²) in [6, 6.07) is -0.962. The van der Waals surface area contributed by atoms with Gasteiger partial charge in [0.15, 0.2) is 0 Å². The number of carbonyl (C=O) groups is 3. The number of urea groups is 1. The highest BCUT2D eigenvalue weighted by Crippen LogP contribution is 2.10. The molecule has 0 saturated carbocycles. The van der Waals surface area contributed by atoms with E-state index in [-0.39, 0.29) is 31.0 Å². The summed E-state index contributed by atoms with van der Waals surface area (Å²) in [5.74, 6) is -1.28. The van der Waals surface area contributed by atoms with Crippen molar-refractivity contribution in [2.75, 3.05) is 26.3 Å². The van der Waals surface area contributed by atoms with Crippen molar-refractivity contribution in [3.05, 3.63) is 0 Å². The van der Waals surface area contributed by atoms with Gasteiger partial charge in [0.25, 0.3) is 0 Å². The van der Waals surface area contributed by atoms with Crippen LogP contribution in [0.3, 0.4) is 0 Å². The standard InChI is InChI=1S/C13H23N3O5/c1-13(2,3)15-10(17)7-14-12(20)16-4-5-21-8-9(16)6-11(18)19/h9H,4-8H2,1-3H3,(H,14,20)(H,15,17)(H,18,19). The van der Waals surface area contributed by atoms with Gasteiger partial charge in [-0.3, -0.25) is 9.59 Å². The Morgan fingerprint density at radius 3 is 2.57 bits per heavy atom. The number of nitrogens with zero attached hydrogens (tertiary/aromatic N) is 1. The summed E-state index contributed by atoms with van der Waals surface area (Å²) in [6.07, 6.45) is -0.179. The van der Waals surface area contributed by atoms with Gasteiger partial charge in [-0.05, 0) is 20.8 Å². The first-order valence-electron chi connectivity index (χ1n) is 6.84. The van der Waals surface area contributed by atoms with Crippen molar-refractivity contribution < 1.29 is 24.2 Å². The molecule has 1 rings (SSSR count). The van der Waals surface area contributed by atoms with Crippen LogP contribution in [-0.2, 0) is 14.3 Å². The molecule has 0 radical (unpaired) electrons. The van der Waals surface area contributed by atoms with E-state index in [1.165, 1.54) is 4.90 Å². The summed E-state index contributed by atoms with van der Waals surface area (Å²) in [7, 11) is 0. The molecule has 0 aromatic heterocycles. The second-order valence-electron chi connectivity index (χ2n) is 5.98. The van der Waals surface area contributed by atoms with Crippen LogP contribution in [0, 0.1) is 0 Å². The number of morpholine rings is 1. The molecule has 1 aliphatic rings. The van der Waals surface area contributed by atoms with Gasteiger partial charge < -0.3 is 25.4 Å². The summed E-state index contributed by atoms with van der Waals surface area (Å²) in [5, 5.41) is 14.1. The molecule has 21 heavy (non-hydrogen) atoms. The quantitative estimate of drug-likeness (QED) is 0.665. The fraction of sp³-hybridized carbons (Fsp3) is 0.769. The molecule has 3 amide bonds. The maximum Gasteiger partial charge on any atom is 0.318 e. The first-order valence-corrected chi connectivity index (χ1v) is 6.84. The van der Waals surface area contributed by atoms with Crippen molar-refractivity contribution in [1.29, 1.82) is 0 Å². The van der Waals surface area contributed by atoms with Crippen LogP contribution in [0.15, 0.2) is 0 Å². The second-order valence-corrected chi connectivity index (χ2v) is 5.98. The van der Waals surface area contributed by atoms with Crippen molar-refractivity contribution in [2.24, 2.45) is 0 Å². The zero-order valence-electron chi connectivity index (χ0n) is 12.6. The first-order chi connectivity index (χ1) is 9.69. The van der Waals surface area contributed by atoms with Crippen LogP contribution >= 0.6 is 0 Å². The normalized spacial score (nSPS) is 19.0. The van der Waals surface area contributed by atoms with Crippen molar-refractivity contribution >= 4 is 17.9 Å². The fourth-order valence-corrected chi connectivity index (χ4v) is 2.01. The van der Waals surface area contributed by atoms with Gasteiger partial charge in [-0.1, -0.05) is 0 Å². The molecule has 0 spiro atoms. The van der Waals surface area contributed by atoms with Gasteiger partial charge in [0, 0.05) is 12.1 Å². The van der Waals surface area contributed by atoms with Crippen LogP contribution in [0.5, 0.6) is 0 Å². The van der Waals surface area contributed by atoms with Crippen LogP contribution in [0.2, 0.25) is 0 Å². The number of carboxylic acid groups (broad SMARTS) is 1. The molecule has 120 valence electrons. The predicted molar refractivity (Wildman–Crippen MR) is 74.9 cm³/mol. The van der Waals surface area contributed by atoms with E-state index in [4.69, 9.17) is 9.84 Å². The number of carbonyl (C=O) groups excluding carboxylic acids is 2. The smallest absolute Gasteiger partial charge is 0.318 e. The lowest BCUT2D eigenvalue weighted by Crippen LogP contribution is -2.55. The van der Waals surface area contributed by atoms with Gasteiger partial charge in [-0.15, -0.1) is 0 Å². The molecule has 1 fully saturated rings. The molecule has 0 aliphatic carbocycles. The number of hydrogen-bond donors (Lipinski definition) is 3. The van der Waals surface area contributed by atoms with E-state index >= 15 is 0 Å². The number of amides is 3. The van der Waals surface area contributed by atoms with E-state index in [0.29, 0.717) is 13.2 Å². The van der Waals surface area contributed by atoms with Crippen LogP contribution in [0.1, 0.15) is 27.2 Å². The molecule has 0 bridgehead atoms. The van der Waals surface area contributed by atoms with Crippen LogP contribution in [-0.4, -0.2) is 65.8 Å². The number of carboxylic acids is 1. The molecule has 1 atom stereocenters. The van der Waals surface area contributed by atoms with Crippen molar-refractivity contribution in [2.45, 2.75) is 38.8 Å². The second kappa shape index (κ2) is 7.26. The number of aliphatic carboxylic acids is 1. The van der Waals surface area contributed by atoms with E-state index < -0.39 is 18.0 Å². The van der Waals surface area contributed by atoms with Gasteiger partial charge in [-0.25, -0.2) is 4.79 Å². The Morgan fingerprint density at radius 2 is 2.00 bits per heavy atom. The van der Waals surface area contributed by atoms with Gasteiger partial charge in [0.05, 0.1) is 32.2 Å². The molecule has 1 aliphatic heterocycles. The lowest BCUT2D eigenvalue weighted by atomic mass is 10.1. The molecule has 1 heterocycles. The summed E-state index contributed by atoms with van der Waals surface area (Å²) in [5.41, 5.74) is -0.368. The Balaban J connectivity index is 2.48. The largest absolute Gasteiger partial charge is 0.481 e. The molecule has 3 N–H and O–H groups in total. The van der Waals surface area contributed by atoms with E-state index in [1.807, 2.05) is 20.8 Å². The summed E-state index contributed by atoms with van der Waals surface area (Å²) < 4.78 is 5.19. The highest BCUT2D eigenvalue weighted by Gasteiger charge is 2.29. The molecule has 1 unspecified atom stereocenters. The van der Waals surface area contributed by atoms with Crippen LogP contribution < -0.4 is 10.6 Å². The summed E-state index contributed by atoms with van der Waals surface area (Å²) >= 11 is 0. The van der Waals surface area contributed by atoms with Gasteiger partial charge in [0.2, 0.25) is 5.91 Å². The summed E-state index contributed by atoms with van der Waals surface area (Å²) in [4.78, 5) is 35.9. The maximum atomic E-state index is 12.0. The lowest BCUT2D eigenvalue weighted by Gasteiger charge is -2.34. The maximum absolute atomic E-state index is 12.0.